The van der Waals surface area contributed by atoms with Gasteiger partial charge in [0.05, 0.1) is 0 Å². The minimum atomic E-state index is -2.17. The summed E-state index contributed by atoms with van der Waals surface area (Å²) in [5, 5.41) is 4.97. The van der Waals surface area contributed by atoms with Gasteiger partial charge in [-0.15, -0.1) is 0 Å². The Morgan fingerprint density at radius 3 is 1.54 bits per heavy atom. The van der Waals surface area contributed by atoms with E-state index in [9.17, 15) is 0 Å². The molecular formula is C47H33N3OSi. The van der Waals surface area contributed by atoms with Gasteiger partial charge in [-0.25, -0.2) is 15.0 Å². The number of hydrogen-bond acceptors (Lipinski definition) is 4. The summed E-state index contributed by atoms with van der Waals surface area (Å²) in [4.78, 5) is 15.5. The molecule has 0 amide bonds. The van der Waals surface area contributed by atoms with E-state index >= 15 is 0 Å². The maximum absolute atomic E-state index is 6.51. The highest BCUT2D eigenvalue weighted by Crippen LogP contribution is 2.37. The molecule has 0 saturated heterocycles. The average molecular weight is 684 g/mol. The Morgan fingerprint density at radius 1 is 0.385 bits per heavy atom. The van der Waals surface area contributed by atoms with E-state index in [1.165, 1.54) is 32.6 Å². The number of fused-ring (bicyclic) bond motifs is 6. The topological polar surface area (TPSA) is 51.8 Å². The van der Waals surface area contributed by atoms with Crippen molar-refractivity contribution in [1.29, 1.82) is 0 Å². The summed E-state index contributed by atoms with van der Waals surface area (Å²) in [6.07, 6.45) is 0. The molecule has 0 radical (unpaired) electrons. The lowest BCUT2D eigenvalue weighted by molar-refractivity contribution is 0.669. The van der Waals surface area contributed by atoms with Crippen molar-refractivity contribution in [1.82, 2.24) is 15.0 Å². The molecule has 9 aromatic rings. The van der Waals surface area contributed by atoms with Gasteiger partial charge in [0.1, 0.15) is 19.2 Å². The van der Waals surface area contributed by atoms with E-state index in [4.69, 9.17) is 19.4 Å². The summed E-state index contributed by atoms with van der Waals surface area (Å²) in [5.74, 6) is 1.96. The fraction of sp³-hybridized carbons (Fsp3) is 0.0426. The van der Waals surface area contributed by atoms with E-state index in [-0.39, 0.29) is 0 Å². The Morgan fingerprint density at radius 2 is 0.885 bits per heavy atom. The van der Waals surface area contributed by atoms with Crippen molar-refractivity contribution in [2.75, 3.05) is 0 Å². The van der Waals surface area contributed by atoms with Gasteiger partial charge in [-0.2, -0.15) is 0 Å². The third kappa shape index (κ3) is 4.93. The molecule has 246 valence electrons. The van der Waals surface area contributed by atoms with Crippen LogP contribution in [0, 0.1) is 0 Å². The van der Waals surface area contributed by atoms with Crippen LogP contribution in [0.5, 0.6) is 0 Å². The molecule has 3 heterocycles. The van der Waals surface area contributed by atoms with E-state index < -0.39 is 8.07 Å². The number of rotatable bonds is 5. The van der Waals surface area contributed by atoms with Crippen LogP contribution in [0.3, 0.4) is 0 Å². The minimum absolute atomic E-state index is 0.620. The van der Waals surface area contributed by atoms with Crippen LogP contribution in [0.25, 0.3) is 89.5 Å². The quantitative estimate of drug-likeness (QED) is 0.169. The maximum atomic E-state index is 6.51. The molecule has 5 heteroatoms. The Hall–Kier alpha value is -6.43. The molecular weight excluding hydrogens is 651 g/mol. The zero-order chi connectivity index (χ0) is 34.8. The Balaban J connectivity index is 1.12. The summed E-state index contributed by atoms with van der Waals surface area (Å²) in [6, 6.07) is 57.6. The largest absolute Gasteiger partial charge is 0.456 e. The second kappa shape index (κ2) is 11.8. The van der Waals surface area contributed by atoms with Crippen LogP contribution in [-0.4, -0.2) is 23.0 Å². The molecule has 4 nitrogen and oxygen atoms in total. The predicted molar refractivity (Wildman–Crippen MR) is 216 cm³/mol. The lowest BCUT2D eigenvalue weighted by Crippen LogP contribution is -2.50. The van der Waals surface area contributed by atoms with E-state index in [0.717, 1.165) is 49.8 Å². The standard InChI is InChI=1S/C47H33N3OSi/c1-52(2)43-29-34(31-15-8-4-9-16-31)22-26-38(43)39-19-12-20-40(44(39)52)47-49-45(32-17-10-5-11-18-32)48-46(50-47)35-23-25-37-36-24-21-33(30-13-6-3-7-14-30)27-41(36)51-42(37)28-35/h3-29H,1-2H3. The molecule has 2 aromatic heterocycles. The lowest BCUT2D eigenvalue weighted by Gasteiger charge is -2.22. The highest BCUT2D eigenvalue weighted by Gasteiger charge is 2.40. The number of nitrogens with zero attached hydrogens (tertiary/aromatic N) is 3. The van der Waals surface area contributed by atoms with Gasteiger partial charge in [-0.1, -0.05) is 153 Å². The fourth-order valence-electron chi connectivity index (χ4n) is 7.95. The highest BCUT2D eigenvalue weighted by atomic mass is 28.3. The molecule has 0 bridgehead atoms. The summed E-state index contributed by atoms with van der Waals surface area (Å²) >= 11 is 0. The normalized spacial score (nSPS) is 13.0. The molecule has 1 aliphatic heterocycles. The van der Waals surface area contributed by atoms with Crippen molar-refractivity contribution >= 4 is 40.4 Å². The first-order valence-corrected chi connectivity index (χ1v) is 20.7. The Kier molecular flexibility index (Phi) is 6.91. The number of benzene rings is 7. The number of hydrogen-bond donors (Lipinski definition) is 0. The highest BCUT2D eigenvalue weighted by molar-refractivity contribution is 7.04. The zero-order valence-corrected chi connectivity index (χ0v) is 29.8. The monoisotopic (exact) mass is 683 g/mol. The van der Waals surface area contributed by atoms with Gasteiger partial charge in [-0.05, 0) is 68.0 Å². The van der Waals surface area contributed by atoms with Crippen LogP contribution in [-0.2, 0) is 0 Å². The van der Waals surface area contributed by atoms with Gasteiger partial charge in [0, 0.05) is 27.5 Å². The van der Waals surface area contributed by atoms with Crippen molar-refractivity contribution in [3.8, 4) is 67.5 Å². The van der Waals surface area contributed by atoms with E-state index in [1.807, 2.05) is 24.3 Å². The summed E-state index contributed by atoms with van der Waals surface area (Å²) < 4.78 is 6.51. The lowest BCUT2D eigenvalue weighted by atomic mass is 9.99. The van der Waals surface area contributed by atoms with Crippen LogP contribution in [0.15, 0.2) is 168 Å². The zero-order valence-electron chi connectivity index (χ0n) is 28.8. The first-order chi connectivity index (χ1) is 25.5. The molecule has 0 fully saturated rings. The van der Waals surface area contributed by atoms with Gasteiger partial charge in [0.15, 0.2) is 17.5 Å². The third-order valence-corrected chi connectivity index (χ3v) is 14.1. The van der Waals surface area contributed by atoms with E-state index in [1.54, 1.807) is 0 Å². The summed E-state index contributed by atoms with van der Waals surface area (Å²) in [6.45, 7) is 4.91. The smallest absolute Gasteiger partial charge is 0.164 e. The number of furan rings is 1. The van der Waals surface area contributed by atoms with Crippen LogP contribution < -0.4 is 10.4 Å². The second-order valence-corrected chi connectivity index (χ2v) is 18.3. The number of aromatic nitrogens is 3. The van der Waals surface area contributed by atoms with Crippen molar-refractivity contribution in [2.24, 2.45) is 0 Å². The molecule has 52 heavy (non-hydrogen) atoms. The fourth-order valence-corrected chi connectivity index (χ4v) is 11.4. The van der Waals surface area contributed by atoms with Crippen molar-refractivity contribution < 1.29 is 4.42 Å². The Labute approximate surface area is 303 Å². The van der Waals surface area contributed by atoms with Crippen molar-refractivity contribution in [2.45, 2.75) is 13.1 Å². The summed E-state index contributed by atoms with van der Waals surface area (Å²) in [5.41, 5.74) is 11.9. The van der Waals surface area contributed by atoms with Crippen molar-refractivity contribution in [3.05, 3.63) is 164 Å². The molecule has 0 atom stereocenters. The predicted octanol–water partition coefficient (Wildman–Crippen LogP) is 10.9. The SMILES string of the molecule is C[Si]1(C)c2cc(-c3ccccc3)ccc2-c2cccc(-c3nc(-c4ccccc4)nc(-c4ccc5c(c4)oc4cc(-c6ccccc6)ccc45)n3)c21. The van der Waals surface area contributed by atoms with Gasteiger partial charge in [0.2, 0.25) is 0 Å². The van der Waals surface area contributed by atoms with Gasteiger partial charge < -0.3 is 4.42 Å². The van der Waals surface area contributed by atoms with Gasteiger partial charge in [0.25, 0.3) is 0 Å². The third-order valence-electron chi connectivity index (χ3n) is 10.5. The van der Waals surface area contributed by atoms with Gasteiger partial charge in [-0.3, -0.25) is 0 Å². The van der Waals surface area contributed by atoms with Crippen LogP contribution >= 0.6 is 0 Å². The van der Waals surface area contributed by atoms with Crippen LogP contribution in [0.1, 0.15) is 0 Å². The summed E-state index contributed by atoms with van der Waals surface area (Å²) in [7, 11) is -2.17. The molecule has 0 unspecified atom stereocenters. The molecule has 7 aromatic carbocycles. The first kappa shape index (κ1) is 30.4. The van der Waals surface area contributed by atoms with Crippen LogP contribution in [0.2, 0.25) is 13.1 Å². The van der Waals surface area contributed by atoms with E-state index in [2.05, 4.69) is 153 Å². The first-order valence-electron chi connectivity index (χ1n) is 17.7. The molecule has 1 aliphatic rings. The Bertz CT molecular complexity index is 2810. The van der Waals surface area contributed by atoms with E-state index in [0.29, 0.717) is 17.5 Å². The average Bonchev–Trinajstić information content (AvgIpc) is 3.69. The molecule has 0 aliphatic carbocycles. The molecule has 0 saturated carbocycles. The maximum Gasteiger partial charge on any atom is 0.164 e. The van der Waals surface area contributed by atoms with Crippen molar-refractivity contribution in [3.63, 3.8) is 0 Å². The van der Waals surface area contributed by atoms with Gasteiger partial charge >= 0.3 is 0 Å². The molecule has 10 rings (SSSR count). The van der Waals surface area contributed by atoms with Crippen LogP contribution in [0.4, 0.5) is 0 Å². The minimum Gasteiger partial charge on any atom is -0.456 e. The second-order valence-electron chi connectivity index (χ2n) is 14.0. The molecule has 0 spiro atoms. The molecule has 0 N–H and O–H groups in total.